The van der Waals surface area contributed by atoms with E-state index >= 15 is 0 Å². The van der Waals surface area contributed by atoms with Gasteiger partial charge in [-0.05, 0) is 80.3 Å². The minimum atomic E-state index is -3.95. The number of hydrogen-bond donors (Lipinski definition) is 8. The van der Waals surface area contributed by atoms with Crippen molar-refractivity contribution in [3.05, 3.63) is 77.1 Å². The van der Waals surface area contributed by atoms with Crippen LogP contribution in [0.1, 0.15) is 56.1 Å². The molecule has 0 unspecified atom stereocenters. The number of nitrogens with one attached hydrogen (secondary N) is 3. The van der Waals surface area contributed by atoms with Crippen molar-refractivity contribution in [1.29, 1.82) is 0 Å². The van der Waals surface area contributed by atoms with Gasteiger partial charge in [-0.1, -0.05) is 35.9 Å². The second-order valence-electron chi connectivity index (χ2n) is 13.9. The maximum Gasteiger partial charge on any atom is 0.328 e. The summed E-state index contributed by atoms with van der Waals surface area (Å²) in [7, 11) is -2.82. The van der Waals surface area contributed by atoms with Crippen molar-refractivity contribution in [2.75, 3.05) is 26.8 Å². The summed E-state index contributed by atoms with van der Waals surface area (Å²) < 4.78 is 46.2. The van der Waals surface area contributed by atoms with E-state index in [-0.39, 0.29) is 35.6 Å². The predicted octanol–water partition coefficient (Wildman–Crippen LogP) is 1.87. The highest BCUT2D eigenvalue weighted by molar-refractivity contribution is 7.89. The number of methoxy groups -OCH3 is 1. The molecule has 56 heavy (non-hydrogen) atoms. The van der Waals surface area contributed by atoms with Crippen LogP contribution in [0.5, 0.6) is 5.75 Å². The number of benzene rings is 2. The third kappa shape index (κ3) is 11.4. The molecule has 1 aromatic heterocycles. The number of aliphatic hydroxyl groups excluding tert-OH is 5. The molecule has 2 fully saturated rings. The number of unbranched alkanes of at least 4 members (excludes halogenated alkanes) is 1. The lowest BCUT2D eigenvalue weighted by Crippen LogP contribution is -2.52. The molecule has 18 heteroatoms. The smallest absolute Gasteiger partial charge is 0.328 e. The van der Waals surface area contributed by atoms with Gasteiger partial charge in [0, 0.05) is 41.6 Å². The zero-order valence-corrected chi connectivity index (χ0v) is 32.4. The first kappa shape index (κ1) is 43.2. The highest BCUT2D eigenvalue weighted by Gasteiger charge is 2.48. The number of aromatic nitrogens is 1. The monoisotopic (exact) mass is 820 g/mol. The van der Waals surface area contributed by atoms with Gasteiger partial charge in [0.25, 0.3) is 0 Å². The van der Waals surface area contributed by atoms with Gasteiger partial charge < -0.3 is 50.4 Å². The molecule has 2 aliphatic rings. The normalized spacial score (nSPS) is 17.6. The predicted molar refractivity (Wildman–Crippen MR) is 203 cm³/mol. The Labute approximate surface area is 330 Å². The number of para-hydroxylation sites is 1. The van der Waals surface area contributed by atoms with E-state index in [0.717, 1.165) is 55.2 Å². The lowest BCUT2D eigenvalue weighted by atomic mass is 9.96. The van der Waals surface area contributed by atoms with Crippen molar-refractivity contribution in [1.82, 2.24) is 20.3 Å². The zero-order valence-electron chi connectivity index (χ0n) is 30.8. The van der Waals surface area contributed by atoms with Crippen LogP contribution in [0.3, 0.4) is 0 Å². The molecule has 2 aromatic carbocycles. The van der Waals surface area contributed by atoms with Gasteiger partial charge in [0.1, 0.15) is 30.1 Å². The number of ether oxygens (including phenoxy) is 3. The number of sulfonamides is 1. The quantitative estimate of drug-likeness (QED) is 0.0534. The van der Waals surface area contributed by atoms with Gasteiger partial charge in [0.2, 0.25) is 10.0 Å². The molecular formula is C38H49ClN4O12S. The summed E-state index contributed by atoms with van der Waals surface area (Å²) in [6, 6.07) is 12.3. The molecule has 5 rings (SSSR count). The van der Waals surface area contributed by atoms with Crippen molar-refractivity contribution in [3.8, 4) is 16.9 Å². The molecule has 0 aliphatic heterocycles. The fourth-order valence-electron chi connectivity index (χ4n) is 6.03. The Morgan fingerprint density at radius 3 is 2.41 bits per heavy atom. The Kier molecular flexibility index (Phi) is 15.0. The van der Waals surface area contributed by atoms with Crippen LogP contribution in [0.25, 0.3) is 11.1 Å². The number of hydrogen-bond acceptors (Lipinski definition) is 13. The van der Waals surface area contributed by atoms with Crippen molar-refractivity contribution in [2.45, 2.75) is 98.6 Å². The number of halogens is 1. The van der Waals surface area contributed by atoms with Crippen LogP contribution in [0, 0.1) is 0 Å². The van der Waals surface area contributed by atoms with Crippen LogP contribution in [0.4, 0.5) is 4.79 Å². The fraction of sp³-hybridized carbons (Fsp3) is 0.500. The number of pyridine rings is 1. The van der Waals surface area contributed by atoms with Crippen molar-refractivity contribution >= 4 is 33.6 Å². The molecule has 0 spiro atoms. The van der Waals surface area contributed by atoms with E-state index in [1.807, 2.05) is 36.5 Å². The van der Waals surface area contributed by atoms with Crippen molar-refractivity contribution < 1.29 is 57.8 Å². The second-order valence-corrected chi connectivity index (χ2v) is 16.1. The van der Waals surface area contributed by atoms with Crippen LogP contribution in [-0.4, -0.2) is 114 Å². The molecule has 306 valence electrons. The number of rotatable bonds is 22. The Bertz CT molecular complexity index is 1910. The third-order valence-electron chi connectivity index (χ3n) is 9.65. The van der Waals surface area contributed by atoms with Crippen LogP contribution < -0.4 is 20.1 Å². The minimum absolute atomic E-state index is 0.0157. The number of nitrogens with zero attached hydrogens (tertiary/aromatic N) is 1. The van der Waals surface area contributed by atoms with E-state index in [9.17, 15) is 38.4 Å². The molecule has 16 nitrogen and oxygen atoms in total. The molecule has 8 N–H and O–H groups in total. The average molecular weight is 821 g/mol. The van der Waals surface area contributed by atoms with Gasteiger partial charge in [-0.25, -0.2) is 22.7 Å². The summed E-state index contributed by atoms with van der Waals surface area (Å²) in [5.74, 6) is 0.0581. The molecule has 1 heterocycles. The molecule has 0 saturated heterocycles. The van der Waals surface area contributed by atoms with Gasteiger partial charge in [-0.3, -0.25) is 4.98 Å². The van der Waals surface area contributed by atoms with Crippen molar-refractivity contribution in [2.24, 2.45) is 0 Å². The van der Waals surface area contributed by atoms with E-state index in [4.69, 9.17) is 30.9 Å². The van der Waals surface area contributed by atoms with E-state index in [1.165, 1.54) is 12.1 Å². The van der Waals surface area contributed by atoms with Gasteiger partial charge in [-0.2, -0.15) is 0 Å². The average Bonchev–Trinajstić information content (AvgIpc) is 4.15. The largest absolute Gasteiger partial charge is 0.490 e. The van der Waals surface area contributed by atoms with Crippen LogP contribution >= 0.6 is 11.6 Å². The molecule has 5 atom stereocenters. The maximum absolute atomic E-state index is 13.1. The van der Waals surface area contributed by atoms with Gasteiger partial charge in [-0.15, -0.1) is 0 Å². The molecule has 0 radical (unpaired) electrons. The maximum atomic E-state index is 13.1. The number of esters is 1. The Morgan fingerprint density at radius 1 is 1.00 bits per heavy atom. The van der Waals surface area contributed by atoms with Crippen molar-refractivity contribution in [3.63, 3.8) is 0 Å². The number of urea groups is 1. The van der Waals surface area contributed by atoms with Crippen LogP contribution in [0.2, 0.25) is 5.02 Å². The van der Waals surface area contributed by atoms with Gasteiger partial charge >= 0.3 is 12.0 Å². The second kappa shape index (κ2) is 19.5. The standard InChI is InChI=1S/C38H49ClN4O12S/c1-53-36(49)30(43-37(50)41-20-31(45)34(47)35(48)32(46)21-44)7-4-5-16-42-56(51,52)25-12-9-23(29(39)18-25)22-54-38(14-15-38)28-19-40-17-13-26(28)27-6-2-3-8-33(27)55-24-10-11-24/h2-3,6,8-9,12-13,17-19,24,30-32,34-35,42,44-48H,4-5,7,10-11,14-16,20-22H2,1H3,(H2,41,43,50)/t30-,31-,32+,34+,35+/m0/s1. The summed E-state index contributed by atoms with van der Waals surface area (Å²) in [6.45, 7) is -1.26. The Morgan fingerprint density at radius 2 is 1.73 bits per heavy atom. The Balaban J connectivity index is 1.10. The summed E-state index contributed by atoms with van der Waals surface area (Å²) in [4.78, 5) is 29.0. The van der Waals surface area contributed by atoms with Crippen LogP contribution in [0.15, 0.2) is 65.8 Å². The highest BCUT2D eigenvalue weighted by atomic mass is 35.5. The molecule has 2 amide bonds. The molecule has 2 aliphatic carbocycles. The minimum Gasteiger partial charge on any atom is -0.490 e. The SMILES string of the molecule is COC(=O)[C@H](CCCCNS(=O)(=O)c1ccc(COC2(c3cnccc3-c3ccccc3OC3CC3)CC2)c(Cl)c1)NC(=O)NC[C@H](O)[C@@H](O)[C@H](O)[C@H](O)CO. The lowest BCUT2D eigenvalue weighted by molar-refractivity contribution is -0.143. The van der Waals surface area contributed by atoms with E-state index in [2.05, 4.69) is 20.3 Å². The topological polar surface area (TPSA) is 246 Å². The molecule has 0 bridgehead atoms. The first-order chi connectivity index (χ1) is 26.8. The summed E-state index contributed by atoms with van der Waals surface area (Å²) in [5, 5.41) is 52.8. The van der Waals surface area contributed by atoms with E-state index in [0.29, 0.717) is 18.4 Å². The molecule has 3 aromatic rings. The number of amides is 2. The summed E-state index contributed by atoms with van der Waals surface area (Å²) in [5.41, 5.74) is 2.96. The highest BCUT2D eigenvalue weighted by Crippen LogP contribution is 2.53. The van der Waals surface area contributed by atoms with Crippen LogP contribution in [-0.2, 0) is 36.5 Å². The molecular weight excluding hydrogens is 772 g/mol. The number of aliphatic hydroxyl groups is 5. The molecule has 2 saturated carbocycles. The van der Waals surface area contributed by atoms with E-state index in [1.54, 1.807) is 12.3 Å². The van der Waals surface area contributed by atoms with E-state index < -0.39 is 71.2 Å². The first-order valence-electron chi connectivity index (χ1n) is 18.4. The summed E-state index contributed by atoms with van der Waals surface area (Å²) >= 11 is 6.58. The fourth-order valence-corrected chi connectivity index (χ4v) is 7.43. The summed E-state index contributed by atoms with van der Waals surface area (Å²) in [6.07, 6.45) is 0.987. The lowest BCUT2D eigenvalue weighted by Gasteiger charge is -2.26. The third-order valence-corrected chi connectivity index (χ3v) is 11.5. The van der Waals surface area contributed by atoms with Gasteiger partial charge in [0.15, 0.2) is 0 Å². The Hall–Kier alpha value is -3.91. The zero-order chi connectivity index (χ0) is 40.5. The number of carbonyl (C=O) groups is 2. The number of carbonyl (C=O) groups excluding carboxylic acids is 2. The van der Waals surface area contributed by atoms with Gasteiger partial charge in [0.05, 0.1) is 43.0 Å². The first-order valence-corrected chi connectivity index (χ1v) is 20.2.